The van der Waals surface area contributed by atoms with Crippen molar-refractivity contribution in [2.75, 3.05) is 13.2 Å². The van der Waals surface area contributed by atoms with Crippen LogP contribution in [0.2, 0.25) is 0 Å². The van der Waals surface area contributed by atoms with Gasteiger partial charge in [-0.15, -0.1) is 12.4 Å². The summed E-state index contributed by atoms with van der Waals surface area (Å²) in [6.07, 6.45) is 3.61. The van der Waals surface area contributed by atoms with Crippen LogP contribution >= 0.6 is 12.4 Å². The summed E-state index contributed by atoms with van der Waals surface area (Å²) in [4.78, 5) is 11.7. The van der Waals surface area contributed by atoms with Crippen molar-refractivity contribution in [2.45, 2.75) is 57.9 Å². The third kappa shape index (κ3) is 7.10. The molecule has 0 bridgehead atoms. The number of nitrogens with one attached hydrogen (secondary N) is 1. The van der Waals surface area contributed by atoms with Crippen LogP contribution < -0.4 is 15.8 Å². The number of hydrogen-bond donors (Lipinski definition) is 2. The zero-order valence-corrected chi connectivity index (χ0v) is 15.8. The fourth-order valence-electron chi connectivity index (χ4n) is 2.49. The first kappa shape index (κ1) is 20.8. The van der Waals surface area contributed by atoms with Crippen molar-refractivity contribution in [3.05, 3.63) is 29.8 Å². The minimum atomic E-state index is 0. The van der Waals surface area contributed by atoms with Gasteiger partial charge in [-0.1, -0.05) is 32.9 Å². The smallest absolute Gasteiger partial charge is 0.220 e. The van der Waals surface area contributed by atoms with E-state index in [0.717, 1.165) is 5.75 Å². The number of amides is 1. The Morgan fingerprint density at radius 2 is 1.92 bits per heavy atom. The fraction of sp³-hybridized carbons (Fsp3) is 0.632. The lowest BCUT2D eigenvalue weighted by atomic mass is 9.87. The van der Waals surface area contributed by atoms with Crippen LogP contribution in [0.4, 0.5) is 0 Å². The van der Waals surface area contributed by atoms with Gasteiger partial charge in [0.05, 0.1) is 6.61 Å². The predicted octanol–water partition coefficient (Wildman–Crippen LogP) is 3.42. The Kier molecular flexibility index (Phi) is 8.04. The van der Waals surface area contributed by atoms with Gasteiger partial charge < -0.3 is 15.8 Å². The van der Waals surface area contributed by atoms with Crippen LogP contribution in [0.15, 0.2) is 24.3 Å². The number of halogens is 1. The largest absolute Gasteiger partial charge is 0.494 e. The van der Waals surface area contributed by atoms with E-state index in [0.29, 0.717) is 31.9 Å². The standard InChI is InChI=1S/C19H30N2O2.ClH/c1-19(2,3)15-8-10-16(11-9-15)23-12-4-5-18(22)21-13-17(20)14-6-7-14;/h8-11,14,17H,4-7,12-13,20H2,1-3H3,(H,21,22);1H. The first-order chi connectivity index (χ1) is 10.9. The minimum absolute atomic E-state index is 0. The molecule has 136 valence electrons. The van der Waals surface area contributed by atoms with Crippen LogP contribution in [-0.2, 0) is 10.2 Å². The molecule has 0 saturated heterocycles. The van der Waals surface area contributed by atoms with Gasteiger partial charge >= 0.3 is 0 Å². The Morgan fingerprint density at radius 1 is 1.29 bits per heavy atom. The number of nitrogens with two attached hydrogens (primary N) is 1. The molecule has 1 fully saturated rings. The molecular formula is C19H31ClN2O2. The molecule has 0 spiro atoms. The topological polar surface area (TPSA) is 64.3 Å². The van der Waals surface area contributed by atoms with Crippen LogP contribution in [0, 0.1) is 5.92 Å². The molecule has 1 aliphatic carbocycles. The van der Waals surface area contributed by atoms with Crippen molar-refractivity contribution in [1.29, 1.82) is 0 Å². The lowest BCUT2D eigenvalue weighted by Crippen LogP contribution is -2.38. The summed E-state index contributed by atoms with van der Waals surface area (Å²) in [5, 5.41) is 2.91. The van der Waals surface area contributed by atoms with E-state index in [4.69, 9.17) is 10.5 Å². The number of rotatable bonds is 8. The highest BCUT2D eigenvalue weighted by molar-refractivity contribution is 5.85. The summed E-state index contributed by atoms with van der Waals surface area (Å²) in [6, 6.07) is 8.31. The minimum Gasteiger partial charge on any atom is -0.494 e. The molecule has 0 radical (unpaired) electrons. The Bertz CT molecular complexity index is 507. The average molecular weight is 355 g/mol. The second kappa shape index (κ2) is 9.28. The third-order valence-electron chi connectivity index (χ3n) is 4.30. The van der Waals surface area contributed by atoms with Crippen LogP contribution in [0.3, 0.4) is 0 Å². The van der Waals surface area contributed by atoms with E-state index >= 15 is 0 Å². The van der Waals surface area contributed by atoms with Gasteiger partial charge in [0.1, 0.15) is 5.75 Å². The molecule has 1 aliphatic rings. The normalized spacial score (nSPS) is 15.3. The Labute approximate surface area is 151 Å². The summed E-state index contributed by atoms with van der Waals surface area (Å²) in [7, 11) is 0. The van der Waals surface area contributed by atoms with Crippen molar-refractivity contribution in [2.24, 2.45) is 11.7 Å². The van der Waals surface area contributed by atoms with Gasteiger partial charge in [-0.05, 0) is 48.3 Å². The van der Waals surface area contributed by atoms with Crippen molar-refractivity contribution in [3.8, 4) is 5.75 Å². The lowest BCUT2D eigenvalue weighted by Gasteiger charge is -2.19. The molecule has 0 heterocycles. The highest BCUT2D eigenvalue weighted by atomic mass is 35.5. The van der Waals surface area contributed by atoms with E-state index in [2.05, 4.69) is 38.2 Å². The number of carbonyl (C=O) groups is 1. The molecule has 0 aromatic heterocycles. The molecule has 1 amide bonds. The summed E-state index contributed by atoms with van der Waals surface area (Å²) in [5.41, 5.74) is 7.40. The predicted molar refractivity (Wildman–Crippen MR) is 101 cm³/mol. The first-order valence-electron chi connectivity index (χ1n) is 8.62. The highest BCUT2D eigenvalue weighted by Gasteiger charge is 2.28. The molecule has 1 unspecified atom stereocenters. The van der Waals surface area contributed by atoms with E-state index in [1.54, 1.807) is 0 Å². The van der Waals surface area contributed by atoms with E-state index < -0.39 is 0 Å². The van der Waals surface area contributed by atoms with Crippen molar-refractivity contribution >= 4 is 18.3 Å². The molecule has 4 nitrogen and oxygen atoms in total. The van der Waals surface area contributed by atoms with E-state index in [9.17, 15) is 4.79 Å². The van der Waals surface area contributed by atoms with Crippen molar-refractivity contribution < 1.29 is 9.53 Å². The molecule has 1 aromatic rings. The van der Waals surface area contributed by atoms with Crippen molar-refractivity contribution in [1.82, 2.24) is 5.32 Å². The Balaban J connectivity index is 0.00000288. The summed E-state index contributed by atoms with van der Waals surface area (Å²) < 4.78 is 5.69. The van der Waals surface area contributed by atoms with Crippen LogP contribution in [-0.4, -0.2) is 25.1 Å². The molecule has 24 heavy (non-hydrogen) atoms. The van der Waals surface area contributed by atoms with Gasteiger partial charge in [0.2, 0.25) is 5.91 Å². The Morgan fingerprint density at radius 3 is 2.46 bits per heavy atom. The van der Waals surface area contributed by atoms with Crippen LogP contribution in [0.1, 0.15) is 52.0 Å². The third-order valence-corrected chi connectivity index (χ3v) is 4.30. The first-order valence-corrected chi connectivity index (χ1v) is 8.62. The van der Waals surface area contributed by atoms with Gasteiger partial charge in [0.15, 0.2) is 0 Å². The molecule has 3 N–H and O–H groups in total. The fourth-order valence-corrected chi connectivity index (χ4v) is 2.49. The van der Waals surface area contributed by atoms with Gasteiger partial charge in [0, 0.05) is 19.0 Å². The number of carbonyl (C=O) groups excluding carboxylic acids is 1. The number of ether oxygens (including phenoxy) is 1. The maximum Gasteiger partial charge on any atom is 0.220 e. The maximum atomic E-state index is 11.7. The van der Waals surface area contributed by atoms with Crippen molar-refractivity contribution in [3.63, 3.8) is 0 Å². The second-order valence-corrected chi connectivity index (χ2v) is 7.53. The van der Waals surface area contributed by atoms with E-state index in [-0.39, 0.29) is 29.8 Å². The summed E-state index contributed by atoms with van der Waals surface area (Å²) >= 11 is 0. The van der Waals surface area contributed by atoms with Crippen LogP contribution in [0.5, 0.6) is 5.75 Å². The van der Waals surface area contributed by atoms with Crippen LogP contribution in [0.25, 0.3) is 0 Å². The molecule has 1 atom stereocenters. The molecule has 1 aromatic carbocycles. The van der Waals surface area contributed by atoms with Gasteiger partial charge in [0.25, 0.3) is 0 Å². The zero-order chi connectivity index (χ0) is 16.9. The molecule has 2 rings (SSSR count). The van der Waals surface area contributed by atoms with E-state index in [1.807, 2.05) is 12.1 Å². The van der Waals surface area contributed by atoms with Gasteiger partial charge in [-0.3, -0.25) is 4.79 Å². The summed E-state index contributed by atoms with van der Waals surface area (Å²) in [6.45, 7) is 7.72. The zero-order valence-electron chi connectivity index (χ0n) is 15.0. The molecule has 0 aliphatic heterocycles. The summed E-state index contributed by atoms with van der Waals surface area (Å²) in [5.74, 6) is 1.54. The molecule has 1 saturated carbocycles. The number of hydrogen-bond acceptors (Lipinski definition) is 3. The van der Waals surface area contributed by atoms with Gasteiger partial charge in [-0.2, -0.15) is 0 Å². The second-order valence-electron chi connectivity index (χ2n) is 7.53. The Hall–Kier alpha value is -1.26. The highest BCUT2D eigenvalue weighted by Crippen LogP contribution is 2.31. The molecule has 5 heteroatoms. The van der Waals surface area contributed by atoms with E-state index in [1.165, 1.54) is 18.4 Å². The van der Waals surface area contributed by atoms with Gasteiger partial charge in [-0.25, -0.2) is 0 Å². The average Bonchev–Trinajstić information content (AvgIpc) is 3.33. The lowest BCUT2D eigenvalue weighted by molar-refractivity contribution is -0.121. The molecular weight excluding hydrogens is 324 g/mol. The number of benzene rings is 1. The monoisotopic (exact) mass is 354 g/mol. The quantitative estimate of drug-likeness (QED) is 0.703. The SMILES string of the molecule is CC(C)(C)c1ccc(OCCCC(=O)NCC(N)C2CC2)cc1.Cl. The maximum absolute atomic E-state index is 11.7.